The number of hydrogen-bond acceptors (Lipinski definition) is 4. The van der Waals surface area contributed by atoms with E-state index in [9.17, 15) is 18.4 Å². The number of carbonyl (C=O) groups excluding carboxylic acids is 1. The number of hydrogen-bond donors (Lipinski definition) is 2. The summed E-state index contributed by atoms with van der Waals surface area (Å²) in [5.41, 5.74) is 0.707. The van der Waals surface area contributed by atoms with Crippen molar-refractivity contribution in [2.75, 3.05) is 11.9 Å². The topological polar surface area (TPSA) is 81.0 Å². The number of rotatable bonds is 3. The van der Waals surface area contributed by atoms with E-state index in [4.69, 9.17) is 0 Å². The molecule has 1 aromatic heterocycles. The van der Waals surface area contributed by atoms with Crippen LogP contribution in [-0.4, -0.2) is 38.8 Å². The highest BCUT2D eigenvalue weighted by Crippen LogP contribution is 2.25. The van der Waals surface area contributed by atoms with Crippen LogP contribution in [0.4, 0.5) is 14.5 Å². The molecule has 0 aliphatic carbocycles. The lowest BCUT2D eigenvalue weighted by Gasteiger charge is -2.11. The van der Waals surface area contributed by atoms with Crippen LogP contribution in [0.15, 0.2) is 35.4 Å². The molecular weight excluding hydrogens is 308 g/mol. The lowest BCUT2D eigenvalue weighted by Crippen LogP contribution is -2.35. The molecule has 0 bridgehead atoms. The van der Waals surface area contributed by atoms with E-state index in [0.29, 0.717) is 11.4 Å². The van der Waals surface area contributed by atoms with Crippen LogP contribution in [0, 0.1) is 0 Å². The zero-order chi connectivity index (χ0) is 16.6. The Hall–Kier alpha value is -2.55. The largest absolute Gasteiger partial charge is 0.350 e. The number of aromatic nitrogens is 3. The highest BCUT2D eigenvalue weighted by atomic mass is 19.3. The highest BCUT2D eigenvalue weighted by Gasteiger charge is 2.42. The van der Waals surface area contributed by atoms with E-state index in [-0.39, 0.29) is 5.69 Å². The van der Waals surface area contributed by atoms with Gasteiger partial charge < -0.3 is 5.32 Å². The van der Waals surface area contributed by atoms with Crippen molar-refractivity contribution in [1.29, 1.82) is 0 Å². The van der Waals surface area contributed by atoms with Gasteiger partial charge in [0.25, 0.3) is 5.92 Å². The van der Waals surface area contributed by atoms with Crippen LogP contribution in [0.2, 0.25) is 0 Å². The first-order valence-electron chi connectivity index (χ1n) is 6.99. The van der Waals surface area contributed by atoms with E-state index in [1.54, 1.807) is 31.3 Å². The zero-order valence-electron chi connectivity index (χ0n) is 12.3. The number of alkyl halides is 2. The average Bonchev–Trinajstić information content (AvgIpc) is 3.03. The lowest BCUT2D eigenvalue weighted by atomic mass is 10.2. The quantitative estimate of drug-likeness (QED) is 0.862. The molecular formula is C14H15F2N5O2. The molecule has 1 amide bonds. The number of benzene rings is 1. The molecule has 1 aromatic carbocycles. The summed E-state index contributed by atoms with van der Waals surface area (Å²) in [4.78, 5) is 23.7. The molecule has 1 aliphatic heterocycles. The monoisotopic (exact) mass is 323 g/mol. The normalized spacial score (nSPS) is 19.7. The third-order valence-electron chi connectivity index (χ3n) is 3.63. The molecule has 2 heterocycles. The van der Waals surface area contributed by atoms with Crippen molar-refractivity contribution < 1.29 is 13.6 Å². The number of anilines is 1. The van der Waals surface area contributed by atoms with Crippen LogP contribution in [0.3, 0.4) is 0 Å². The standard InChI is InChI=1S/C14H15F2N5O2/c1-20-8-18-21(13(20)23)10-4-2-9(3-5-10)19-12(22)11-6-14(15,16)7-17-11/h2-5,8,11,17H,6-7H2,1H3,(H,19,22). The molecule has 23 heavy (non-hydrogen) atoms. The molecule has 0 saturated carbocycles. The first-order valence-corrected chi connectivity index (χ1v) is 6.99. The van der Waals surface area contributed by atoms with Gasteiger partial charge in [-0.2, -0.15) is 9.78 Å². The molecule has 3 rings (SSSR count). The molecule has 7 nitrogen and oxygen atoms in total. The van der Waals surface area contributed by atoms with E-state index in [2.05, 4.69) is 15.7 Å². The molecule has 1 fully saturated rings. The van der Waals surface area contributed by atoms with E-state index >= 15 is 0 Å². The lowest BCUT2D eigenvalue weighted by molar-refractivity contribution is -0.118. The van der Waals surface area contributed by atoms with Gasteiger partial charge in [-0.05, 0) is 24.3 Å². The predicted octanol–water partition coefficient (Wildman–Crippen LogP) is 0.507. The Morgan fingerprint density at radius 1 is 1.39 bits per heavy atom. The van der Waals surface area contributed by atoms with Crippen molar-refractivity contribution in [2.24, 2.45) is 7.05 Å². The Balaban J connectivity index is 1.70. The molecule has 9 heteroatoms. The average molecular weight is 323 g/mol. The molecule has 1 unspecified atom stereocenters. The maximum Gasteiger partial charge on any atom is 0.350 e. The fourth-order valence-corrected chi connectivity index (χ4v) is 2.37. The summed E-state index contributed by atoms with van der Waals surface area (Å²) < 4.78 is 28.7. The number of carbonyl (C=O) groups is 1. The fraction of sp³-hybridized carbons (Fsp3) is 0.357. The van der Waals surface area contributed by atoms with Gasteiger partial charge in [0, 0.05) is 19.2 Å². The van der Waals surface area contributed by atoms with Gasteiger partial charge in [-0.15, -0.1) is 0 Å². The Morgan fingerprint density at radius 3 is 2.61 bits per heavy atom. The van der Waals surface area contributed by atoms with Crippen molar-refractivity contribution in [3.05, 3.63) is 41.1 Å². The van der Waals surface area contributed by atoms with Crippen LogP contribution in [-0.2, 0) is 11.8 Å². The molecule has 2 aromatic rings. The summed E-state index contributed by atoms with van der Waals surface area (Å²) in [7, 11) is 1.59. The maximum absolute atomic E-state index is 13.1. The molecule has 122 valence electrons. The number of halogens is 2. The van der Waals surface area contributed by atoms with E-state index < -0.39 is 30.8 Å². The van der Waals surface area contributed by atoms with Crippen LogP contribution in [0.25, 0.3) is 5.69 Å². The number of nitrogens with one attached hydrogen (secondary N) is 2. The van der Waals surface area contributed by atoms with E-state index in [1.807, 2.05) is 0 Å². The van der Waals surface area contributed by atoms with Crippen LogP contribution >= 0.6 is 0 Å². The van der Waals surface area contributed by atoms with Gasteiger partial charge in [0.1, 0.15) is 6.33 Å². The summed E-state index contributed by atoms with van der Waals surface area (Å²) in [6.45, 7) is -0.493. The van der Waals surface area contributed by atoms with Gasteiger partial charge >= 0.3 is 5.69 Å². The van der Waals surface area contributed by atoms with Gasteiger partial charge in [-0.1, -0.05) is 0 Å². The second kappa shape index (κ2) is 5.58. The van der Waals surface area contributed by atoms with E-state index in [0.717, 1.165) is 0 Å². The minimum absolute atomic E-state index is 0.292. The Kier molecular flexibility index (Phi) is 3.72. The van der Waals surface area contributed by atoms with Gasteiger partial charge in [-0.3, -0.25) is 14.7 Å². The summed E-state index contributed by atoms with van der Waals surface area (Å²) in [5.74, 6) is -3.36. The first kappa shape index (κ1) is 15.3. The van der Waals surface area contributed by atoms with Gasteiger partial charge in [0.05, 0.1) is 18.3 Å². The SMILES string of the molecule is Cn1cnn(-c2ccc(NC(=O)C3CC(F)(F)CN3)cc2)c1=O. The van der Waals surface area contributed by atoms with Crippen molar-refractivity contribution in [2.45, 2.75) is 18.4 Å². The Morgan fingerprint density at radius 2 is 2.09 bits per heavy atom. The Bertz CT molecular complexity index is 781. The number of amides is 1. The summed E-state index contributed by atoms with van der Waals surface area (Å²) in [6.07, 6.45) is 0.879. The highest BCUT2D eigenvalue weighted by molar-refractivity contribution is 5.95. The zero-order valence-corrected chi connectivity index (χ0v) is 12.3. The molecule has 0 radical (unpaired) electrons. The molecule has 1 aliphatic rings. The summed E-state index contributed by atoms with van der Waals surface area (Å²) in [5, 5.41) is 9.01. The molecule has 0 spiro atoms. The van der Waals surface area contributed by atoms with Gasteiger partial charge in [-0.25, -0.2) is 13.6 Å². The molecule has 1 atom stereocenters. The third-order valence-corrected chi connectivity index (χ3v) is 3.63. The summed E-state index contributed by atoms with van der Waals surface area (Å²) >= 11 is 0. The van der Waals surface area contributed by atoms with Crippen molar-refractivity contribution in [1.82, 2.24) is 19.7 Å². The number of nitrogens with zero attached hydrogens (tertiary/aromatic N) is 3. The second-order valence-electron chi connectivity index (χ2n) is 5.47. The molecule has 2 N–H and O–H groups in total. The van der Waals surface area contributed by atoms with E-state index in [1.165, 1.54) is 15.6 Å². The van der Waals surface area contributed by atoms with Crippen molar-refractivity contribution >= 4 is 11.6 Å². The van der Waals surface area contributed by atoms with Crippen LogP contribution in [0.5, 0.6) is 0 Å². The van der Waals surface area contributed by atoms with Crippen LogP contribution < -0.4 is 16.3 Å². The smallest absolute Gasteiger partial charge is 0.325 e. The van der Waals surface area contributed by atoms with Crippen molar-refractivity contribution in [3.63, 3.8) is 0 Å². The summed E-state index contributed by atoms with van der Waals surface area (Å²) in [6, 6.07) is 5.48. The Labute approximate surface area is 129 Å². The van der Waals surface area contributed by atoms with Crippen molar-refractivity contribution in [3.8, 4) is 5.69 Å². The maximum atomic E-state index is 13.1. The third kappa shape index (κ3) is 3.14. The fourth-order valence-electron chi connectivity index (χ4n) is 2.37. The van der Waals surface area contributed by atoms with Gasteiger partial charge in [0.2, 0.25) is 5.91 Å². The van der Waals surface area contributed by atoms with Gasteiger partial charge in [0.15, 0.2) is 0 Å². The predicted molar refractivity (Wildman–Crippen MR) is 78.8 cm³/mol. The first-order chi connectivity index (χ1) is 10.9. The van der Waals surface area contributed by atoms with Crippen LogP contribution in [0.1, 0.15) is 6.42 Å². The number of aryl methyl sites for hydroxylation is 1. The minimum Gasteiger partial charge on any atom is -0.325 e. The molecule has 1 saturated heterocycles. The minimum atomic E-state index is -2.86. The second-order valence-corrected chi connectivity index (χ2v) is 5.47.